The van der Waals surface area contributed by atoms with Gasteiger partial charge < -0.3 is 10.1 Å². The van der Waals surface area contributed by atoms with E-state index in [4.69, 9.17) is 4.74 Å². The highest BCUT2D eigenvalue weighted by Gasteiger charge is 2.20. The van der Waals surface area contributed by atoms with Gasteiger partial charge in [-0.2, -0.15) is 0 Å². The molecule has 0 unspecified atom stereocenters. The summed E-state index contributed by atoms with van der Waals surface area (Å²) in [5, 5.41) is 11.4. The minimum atomic E-state index is -0.190. The number of aryl methyl sites for hydroxylation is 2. The number of carbonyl (C=O) groups is 1. The molecule has 1 aromatic heterocycles. The lowest BCUT2D eigenvalue weighted by molar-refractivity contribution is -0.123. The first-order valence-corrected chi connectivity index (χ1v) is 8.27. The van der Waals surface area contributed by atoms with Gasteiger partial charge in [0, 0.05) is 6.42 Å². The first kappa shape index (κ1) is 15.4. The zero-order chi connectivity index (χ0) is 17.1. The molecule has 126 valence electrons. The first-order chi connectivity index (χ1) is 12.3. The number of nitrogens with one attached hydrogen (secondary N) is 1. The van der Waals surface area contributed by atoms with Crippen molar-refractivity contribution in [2.45, 2.75) is 19.4 Å². The molecule has 6 nitrogen and oxygen atoms in total. The van der Waals surface area contributed by atoms with Crippen LogP contribution in [0.15, 0.2) is 54.6 Å². The Balaban J connectivity index is 1.41. The van der Waals surface area contributed by atoms with Gasteiger partial charge in [-0.3, -0.25) is 9.36 Å². The molecule has 2 heterocycles. The quantitative estimate of drug-likeness (QED) is 0.775. The summed E-state index contributed by atoms with van der Waals surface area (Å²) in [5.41, 5.74) is 2.37. The molecular formula is C19H18N4O2. The molecule has 0 aliphatic carbocycles. The van der Waals surface area contributed by atoms with Crippen LogP contribution in [0.3, 0.4) is 0 Å². The third-order valence-corrected chi connectivity index (χ3v) is 4.20. The second-order valence-electron chi connectivity index (χ2n) is 5.88. The first-order valence-electron chi connectivity index (χ1n) is 8.27. The van der Waals surface area contributed by atoms with Crippen LogP contribution in [0.5, 0.6) is 5.75 Å². The molecule has 3 aromatic rings. The second kappa shape index (κ2) is 6.76. The molecule has 0 atom stereocenters. The Morgan fingerprint density at radius 2 is 1.84 bits per heavy atom. The van der Waals surface area contributed by atoms with Crippen molar-refractivity contribution >= 4 is 5.91 Å². The van der Waals surface area contributed by atoms with Crippen molar-refractivity contribution in [3.05, 3.63) is 71.8 Å². The van der Waals surface area contributed by atoms with Crippen molar-refractivity contribution < 1.29 is 9.53 Å². The van der Waals surface area contributed by atoms with E-state index in [2.05, 4.69) is 27.6 Å². The lowest BCUT2D eigenvalue weighted by Crippen LogP contribution is -2.30. The molecule has 1 N–H and O–H groups in total. The van der Waals surface area contributed by atoms with Crippen LogP contribution in [0, 0.1) is 0 Å². The molecule has 0 radical (unpaired) electrons. The van der Waals surface area contributed by atoms with E-state index in [-0.39, 0.29) is 12.5 Å². The Morgan fingerprint density at radius 3 is 2.72 bits per heavy atom. The highest BCUT2D eigenvalue weighted by molar-refractivity contribution is 5.77. The van der Waals surface area contributed by atoms with Crippen LogP contribution in [0.25, 0.3) is 5.69 Å². The summed E-state index contributed by atoms with van der Waals surface area (Å²) in [6.07, 6.45) is 1.82. The number of fused-ring (bicyclic) bond motifs is 3. The van der Waals surface area contributed by atoms with Crippen LogP contribution in [0.1, 0.15) is 17.2 Å². The molecule has 0 spiro atoms. The average Bonchev–Trinajstić information content (AvgIpc) is 3.09. The zero-order valence-electron chi connectivity index (χ0n) is 13.7. The summed E-state index contributed by atoms with van der Waals surface area (Å²) in [6, 6.07) is 17.5. The van der Waals surface area contributed by atoms with E-state index in [0.717, 1.165) is 30.2 Å². The number of rotatable bonds is 5. The molecule has 1 amide bonds. The van der Waals surface area contributed by atoms with Gasteiger partial charge in [0.25, 0.3) is 5.91 Å². The maximum atomic E-state index is 12.0. The summed E-state index contributed by atoms with van der Waals surface area (Å²) < 4.78 is 7.49. The molecule has 0 saturated heterocycles. The number of ether oxygens (including phenoxy) is 1. The minimum absolute atomic E-state index is 0.0262. The van der Waals surface area contributed by atoms with E-state index in [0.29, 0.717) is 12.3 Å². The molecule has 6 heteroatoms. The van der Waals surface area contributed by atoms with Gasteiger partial charge in [-0.1, -0.05) is 36.4 Å². The fourth-order valence-electron chi connectivity index (χ4n) is 2.99. The van der Waals surface area contributed by atoms with Crippen molar-refractivity contribution in [3.8, 4) is 11.4 Å². The van der Waals surface area contributed by atoms with E-state index in [9.17, 15) is 4.79 Å². The van der Waals surface area contributed by atoms with Crippen LogP contribution in [0.2, 0.25) is 0 Å². The fraction of sp³-hybridized carbons (Fsp3) is 0.211. The second-order valence-corrected chi connectivity index (χ2v) is 5.88. The maximum absolute atomic E-state index is 12.0. The molecule has 4 rings (SSSR count). The van der Waals surface area contributed by atoms with Crippen molar-refractivity contribution in [2.75, 3.05) is 6.61 Å². The summed E-state index contributed by atoms with van der Waals surface area (Å²) in [6.45, 7) is 0.292. The molecule has 0 bridgehead atoms. The fourth-order valence-corrected chi connectivity index (χ4v) is 2.99. The summed E-state index contributed by atoms with van der Waals surface area (Å²) in [4.78, 5) is 12.0. The number of hydrogen-bond donors (Lipinski definition) is 1. The summed E-state index contributed by atoms with van der Waals surface area (Å²) in [5.74, 6) is 2.15. The van der Waals surface area contributed by atoms with Gasteiger partial charge >= 0.3 is 0 Å². The smallest absolute Gasteiger partial charge is 0.258 e. The standard InChI is InChI=1S/C19H18N4O2/c24-19(13-25-15-7-2-1-3-8-15)20-12-18-22-21-17-11-10-14-6-4-5-9-16(14)23(17)18/h1-9H,10-13H2,(H,20,24). The summed E-state index contributed by atoms with van der Waals surface area (Å²) in [7, 11) is 0. The molecule has 2 aromatic carbocycles. The number of amides is 1. The third-order valence-electron chi connectivity index (χ3n) is 4.20. The number of nitrogens with zero attached hydrogens (tertiary/aromatic N) is 3. The van der Waals surface area contributed by atoms with Crippen molar-refractivity contribution in [1.82, 2.24) is 20.1 Å². The minimum Gasteiger partial charge on any atom is -0.484 e. The Morgan fingerprint density at radius 1 is 1.04 bits per heavy atom. The summed E-state index contributed by atoms with van der Waals surface area (Å²) >= 11 is 0. The van der Waals surface area contributed by atoms with Crippen LogP contribution < -0.4 is 10.1 Å². The largest absolute Gasteiger partial charge is 0.484 e. The van der Waals surface area contributed by atoms with Gasteiger partial charge in [-0.25, -0.2) is 0 Å². The maximum Gasteiger partial charge on any atom is 0.258 e. The highest BCUT2D eigenvalue weighted by atomic mass is 16.5. The lowest BCUT2D eigenvalue weighted by atomic mass is 10.0. The monoisotopic (exact) mass is 334 g/mol. The third kappa shape index (κ3) is 3.24. The van der Waals surface area contributed by atoms with E-state index in [1.807, 2.05) is 47.0 Å². The number of benzene rings is 2. The molecule has 25 heavy (non-hydrogen) atoms. The molecular weight excluding hydrogens is 316 g/mol. The van der Waals surface area contributed by atoms with Crippen LogP contribution >= 0.6 is 0 Å². The Kier molecular flexibility index (Phi) is 4.16. The van der Waals surface area contributed by atoms with E-state index >= 15 is 0 Å². The normalized spacial score (nSPS) is 12.2. The van der Waals surface area contributed by atoms with Crippen molar-refractivity contribution in [3.63, 3.8) is 0 Å². The number of carbonyl (C=O) groups excluding carboxylic acids is 1. The van der Waals surface area contributed by atoms with Crippen LogP contribution in [-0.4, -0.2) is 27.3 Å². The number of para-hydroxylation sites is 2. The lowest BCUT2D eigenvalue weighted by Gasteiger charge is -2.19. The van der Waals surface area contributed by atoms with Crippen molar-refractivity contribution in [1.29, 1.82) is 0 Å². The predicted octanol–water partition coefficient (Wildman–Crippen LogP) is 2.06. The number of hydrogen-bond acceptors (Lipinski definition) is 4. The van der Waals surface area contributed by atoms with Gasteiger partial charge in [0.15, 0.2) is 12.4 Å². The molecule has 1 aliphatic rings. The van der Waals surface area contributed by atoms with Gasteiger partial charge in [-0.05, 0) is 30.2 Å². The molecule has 1 aliphatic heterocycles. The van der Waals surface area contributed by atoms with Gasteiger partial charge in [0.2, 0.25) is 0 Å². The van der Waals surface area contributed by atoms with Gasteiger partial charge in [0.1, 0.15) is 11.6 Å². The zero-order valence-corrected chi connectivity index (χ0v) is 13.7. The number of aromatic nitrogens is 3. The Bertz CT molecular complexity index is 889. The SMILES string of the molecule is O=C(COc1ccccc1)NCc1nnc2n1-c1ccccc1CC2. The van der Waals surface area contributed by atoms with Crippen molar-refractivity contribution in [2.24, 2.45) is 0 Å². The Labute approximate surface area is 145 Å². The van der Waals surface area contributed by atoms with Crippen LogP contribution in [0.4, 0.5) is 0 Å². The molecule has 0 fully saturated rings. The van der Waals surface area contributed by atoms with E-state index in [1.54, 1.807) is 0 Å². The van der Waals surface area contributed by atoms with E-state index < -0.39 is 0 Å². The van der Waals surface area contributed by atoms with Crippen LogP contribution in [-0.2, 0) is 24.2 Å². The van der Waals surface area contributed by atoms with Gasteiger partial charge in [0.05, 0.1) is 12.2 Å². The van der Waals surface area contributed by atoms with Gasteiger partial charge in [-0.15, -0.1) is 10.2 Å². The molecule has 0 saturated carbocycles. The van der Waals surface area contributed by atoms with E-state index in [1.165, 1.54) is 5.56 Å². The predicted molar refractivity (Wildman–Crippen MR) is 92.6 cm³/mol. The average molecular weight is 334 g/mol. The Hall–Kier alpha value is -3.15. The highest BCUT2D eigenvalue weighted by Crippen LogP contribution is 2.24. The topological polar surface area (TPSA) is 69.0 Å².